The molecule has 14 heteroatoms. The Morgan fingerprint density at radius 2 is 1.60 bits per heavy atom. The van der Waals surface area contributed by atoms with Crippen molar-refractivity contribution < 1.29 is 40.6 Å². The Bertz CT molecular complexity index is 1370. The first-order valence-corrected chi connectivity index (χ1v) is 12.8. The van der Waals surface area contributed by atoms with Crippen molar-refractivity contribution in [2.24, 2.45) is 0 Å². The van der Waals surface area contributed by atoms with Gasteiger partial charge < -0.3 is 20.6 Å². The molecule has 0 aliphatic carbocycles. The summed E-state index contributed by atoms with van der Waals surface area (Å²) in [4.78, 5) is 22.4. The van der Waals surface area contributed by atoms with Gasteiger partial charge in [0.1, 0.15) is 11.4 Å². The van der Waals surface area contributed by atoms with Crippen LogP contribution in [0.2, 0.25) is 0 Å². The molecule has 0 saturated carbocycles. The SMILES string of the molecule is CNCc1cc(C(F)(F)F)cc(C(F)(F)F)c1.Cc1cc(F)ccc1-c1nc(N2C[C@@H](C)N[C@H](C)C2)ncc1C(=O)O. The maximum Gasteiger partial charge on any atom is 0.416 e. The maximum atomic E-state index is 13.4. The molecule has 0 bridgehead atoms. The average molecular weight is 602 g/mol. The Hall–Kier alpha value is -3.78. The van der Waals surface area contributed by atoms with Gasteiger partial charge in [0, 0.05) is 43.5 Å². The summed E-state index contributed by atoms with van der Waals surface area (Å²) in [6.07, 6.45) is -8.24. The molecule has 0 amide bonds. The van der Waals surface area contributed by atoms with Gasteiger partial charge in [0.05, 0.1) is 16.8 Å². The van der Waals surface area contributed by atoms with Crippen LogP contribution in [0.4, 0.5) is 36.7 Å². The monoisotopic (exact) mass is 601 g/mol. The highest BCUT2D eigenvalue weighted by Crippen LogP contribution is 2.36. The van der Waals surface area contributed by atoms with E-state index in [1.54, 1.807) is 13.0 Å². The van der Waals surface area contributed by atoms with Gasteiger partial charge in [-0.15, -0.1) is 0 Å². The van der Waals surface area contributed by atoms with Crippen LogP contribution in [0.3, 0.4) is 0 Å². The summed E-state index contributed by atoms with van der Waals surface area (Å²) in [6.45, 7) is 7.31. The Morgan fingerprint density at radius 3 is 2.07 bits per heavy atom. The Morgan fingerprint density at radius 1 is 1.02 bits per heavy atom. The van der Waals surface area contributed by atoms with Crippen LogP contribution in [-0.4, -0.2) is 53.3 Å². The Labute approximate surface area is 237 Å². The van der Waals surface area contributed by atoms with Crippen molar-refractivity contribution in [3.05, 3.63) is 76.2 Å². The van der Waals surface area contributed by atoms with Crippen LogP contribution in [-0.2, 0) is 18.9 Å². The van der Waals surface area contributed by atoms with Crippen LogP contribution in [0.1, 0.15) is 46.5 Å². The molecule has 1 saturated heterocycles. The van der Waals surface area contributed by atoms with Gasteiger partial charge in [-0.2, -0.15) is 26.3 Å². The average Bonchev–Trinajstić information content (AvgIpc) is 2.87. The molecule has 1 aliphatic heterocycles. The minimum Gasteiger partial charge on any atom is -0.478 e. The number of nitrogens with zero attached hydrogens (tertiary/aromatic N) is 3. The third kappa shape index (κ3) is 8.38. The minimum atomic E-state index is -4.79. The van der Waals surface area contributed by atoms with E-state index >= 15 is 0 Å². The molecule has 4 rings (SSSR count). The first-order chi connectivity index (χ1) is 19.5. The van der Waals surface area contributed by atoms with Crippen LogP contribution < -0.4 is 15.5 Å². The van der Waals surface area contributed by atoms with Crippen LogP contribution in [0, 0.1) is 12.7 Å². The molecule has 2 aromatic carbocycles. The number of hydrogen-bond donors (Lipinski definition) is 3. The number of benzene rings is 2. The molecule has 42 heavy (non-hydrogen) atoms. The van der Waals surface area contributed by atoms with E-state index in [-0.39, 0.29) is 41.6 Å². The van der Waals surface area contributed by atoms with Gasteiger partial charge in [0.2, 0.25) is 5.95 Å². The van der Waals surface area contributed by atoms with Crippen molar-refractivity contribution in [2.75, 3.05) is 25.0 Å². The lowest BCUT2D eigenvalue weighted by molar-refractivity contribution is -0.143. The summed E-state index contributed by atoms with van der Waals surface area (Å²) in [5, 5.41) is 15.4. The van der Waals surface area contributed by atoms with E-state index in [1.807, 2.05) is 4.90 Å². The number of piperazine rings is 1. The van der Waals surface area contributed by atoms with Crippen molar-refractivity contribution in [2.45, 2.75) is 51.8 Å². The molecule has 0 spiro atoms. The smallest absolute Gasteiger partial charge is 0.416 e. The first kappa shape index (κ1) is 32.7. The summed E-state index contributed by atoms with van der Waals surface area (Å²) in [6, 6.07) is 6.32. The van der Waals surface area contributed by atoms with E-state index in [0.717, 1.165) is 13.1 Å². The number of aromatic carboxylic acids is 1. The van der Waals surface area contributed by atoms with E-state index < -0.39 is 29.4 Å². The molecule has 0 radical (unpaired) electrons. The van der Waals surface area contributed by atoms with E-state index in [4.69, 9.17) is 0 Å². The number of aryl methyl sites for hydroxylation is 1. The molecule has 2 atom stereocenters. The van der Waals surface area contributed by atoms with Crippen LogP contribution in [0.5, 0.6) is 0 Å². The van der Waals surface area contributed by atoms with E-state index in [2.05, 4.69) is 34.4 Å². The predicted molar refractivity (Wildman–Crippen MR) is 143 cm³/mol. The fourth-order valence-electron chi connectivity index (χ4n) is 4.60. The molecule has 1 fully saturated rings. The number of aromatic nitrogens is 2. The van der Waals surface area contributed by atoms with Crippen LogP contribution in [0.15, 0.2) is 42.6 Å². The van der Waals surface area contributed by atoms with Gasteiger partial charge in [-0.25, -0.2) is 19.2 Å². The van der Waals surface area contributed by atoms with E-state index in [9.17, 15) is 40.6 Å². The summed E-state index contributed by atoms with van der Waals surface area (Å²) in [5.41, 5.74) is -1.10. The molecule has 228 valence electrons. The van der Waals surface area contributed by atoms with Crippen molar-refractivity contribution in [1.82, 2.24) is 20.6 Å². The topological polar surface area (TPSA) is 90.4 Å². The summed E-state index contributed by atoms with van der Waals surface area (Å²) >= 11 is 0. The molecule has 1 aliphatic rings. The highest BCUT2D eigenvalue weighted by Gasteiger charge is 2.36. The number of carboxylic acid groups (broad SMARTS) is 1. The lowest BCUT2D eigenvalue weighted by Gasteiger charge is -2.36. The van der Waals surface area contributed by atoms with Crippen molar-refractivity contribution >= 4 is 11.9 Å². The first-order valence-electron chi connectivity index (χ1n) is 12.8. The number of rotatable bonds is 5. The largest absolute Gasteiger partial charge is 0.478 e. The van der Waals surface area contributed by atoms with Gasteiger partial charge in [0.15, 0.2) is 0 Å². The second kappa shape index (κ2) is 13.0. The second-order valence-corrected chi connectivity index (χ2v) is 10.0. The number of anilines is 1. The molecule has 7 nitrogen and oxygen atoms in total. The van der Waals surface area contributed by atoms with Crippen molar-refractivity contribution in [1.29, 1.82) is 0 Å². The zero-order valence-electron chi connectivity index (χ0n) is 23.2. The lowest BCUT2D eigenvalue weighted by Crippen LogP contribution is -2.54. The summed E-state index contributed by atoms with van der Waals surface area (Å²) < 4.78 is 87.7. The number of nitrogens with one attached hydrogen (secondary N) is 2. The molecule has 1 aromatic heterocycles. The second-order valence-electron chi connectivity index (χ2n) is 10.0. The lowest BCUT2D eigenvalue weighted by atomic mass is 10.0. The summed E-state index contributed by atoms with van der Waals surface area (Å²) in [5.74, 6) is -0.978. The number of alkyl halides is 6. The van der Waals surface area contributed by atoms with Crippen LogP contribution in [0.25, 0.3) is 11.3 Å². The third-order valence-electron chi connectivity index (χ3n) is 6.32. The minimum absolute atomic E-state index is 0.00897. The van der Waals surface area contributed by atoms with Gasteiger partial charge >= 0.3 is 18.3 Å². The number of halogens is 7. The van der Waals surface area contributed by atoms with Gasteiger partial charge in [-0.05, 0) is 75.3 Å². The fraction of sp³-hybridized carbons (Fsp3) is 0.393. The molecule has 0 unspecified atom stereocenters. The van der Waals surface area contributed by atoms with E-state index in [0.29, 0.717) is 34.9 Å². The molecular formula is C28H30F7N5O2. The zero-order valence-corrected chi connectivity index (χ0v) is 23.2. The quantitative estimate of drug-likeness (QED) is 0.313. The zero-order chi connectivity index (χ0) is 31.4. The normalized spacial score (nSPS) is 17.5. The standard InChI is InChI=1S/C18H21FN4O2.C10H9F6N/c1-10-6-13(19)4-5-14(10)16-15(17(24)25)7-20-18(22-16)23-8-11(2)21-12(3)9-23;1-17-5-6-2-7(9(11,12)13)4-8(3-6)10(14,15)16/h4-7,11-12,21H,8-9H2,1-3H3,(H,24,25);2-4,17H,5H2,1H3/t11-,12-;/m1./s1. The molecular weight excluding hydrogens is 571 g/mol. The Kier molecular flexibility index (Phi) is 10.2. The maximum absolute atomic E-state index is 13.4. The van der Waals surface area contributed by atoms with Crippen molar-refractivity contribution in [3.63, 3.8) is 0 Å². The third-order valence-corrected chi connectivity index (χ3v) is 6.32. The predicted octanol–water partition coefficient (Wildman–Crippen LogP) is 5.92. The molecule has 3 aromatic rings. The highest BCUT2D eigenvalue weighted by molar-refractivity contribution is 5.95. The highest BCUT2D eigenvalue weighted by atomic mass is 19.4. The van der Waals surface area contributed by atoms with Gasteiger partial charge in [-0.3, -0.25) is 0 Å². The fourth-order valence-corrected chi connectivity index (χ4v) is 4.60. The number of hydrogen-bond acceptors (Lipinski definition) is 6. The number of carboxylic acids is 1. The Balaban J connectivity index is 0.000000250. The van der Waals surface area contributed by atoms with Crippen molar-refractivity contribution in [3.8, 4) is 11.3 Å². The molecule has 3 N–H and O–H groups in total. The van der Waals surface area contributed by atoms with Gasteiger partial charge in [-0.1, -0.05) is 0 Å². The van der Waals surface area contributed by atoms with Crippen LogP contribution >= 0.6 is 0 Å². The number of carbonyl (C=O) groups is 1. The van der Waals surface area contributed by atoms with E-state index in [1.165, 1.54) is 25.4 Å². The summed E-state index contributed by atoms with van der Waals surface area (Å²) in [7, 11) is 1.44. The van der Waals surface area contributed by atoms with Gasteiger partial charge in [0.25, 0.3) is 0 Å². The molecule has 2 heterocycles.